The van der Waals surface area contributed by atoms with E-state index in [9.17, 15) is 10.1 Å². The van der Waals surface area contributed by atoms with Crippen LogP contribution in [0.3, 0.4) is 0 Å². The van der Waals surface area contributed by atoms with Gasteiger partial charge in [0.2, 0.25) is 0 Å². The Labute approximate surface area is 151 Å². The summed E-state index contributed by atoms with van der Waals surface area (Å²) >= 11 is 0. The van der Waals surface area contributed by atoms with Crippen LogP contribution in [0, 0.1) is 11.3 Å². The molecule has 2 heterocycles. The number of pyridine rings is 1. The molecule has 0 aliphatic carbocycles. The molecular formula is C22H17N3O. The van der Waals surface area contributed by atoms with Crippen LogP contribution in [0.4, 0.5) is 0 Å². The summed E-state index contributed by atoms with van der Waals surface area (Å²) in [6, 6.07) is 23.4. The number of amides is 1. The summed E-state index contributed by atoms with van der Waals surface area (Å²) in [4.78, 5) is 12.9. The molecule has 0 saturated heterocycles. The lowest BCUT2D eigenvalue weighted by Gasteiger charge is -2.14. The molecule has 0 aliphatic heterocycles. The lowest BCUT2D eigenvalue weighted by Crippen LogP contribution is -2.27. The minimum absolute atomic E-state index is 0.125. The van der Waals surface area contributed by atoms with E-state index in [1.807, 2.05) is 73.8 Å². The highest BCUT2D eigenvalue weighted by Crippen LogP contribution is 2.26. The van der Waals surface area contributed by atoms with Crippen LogP contribution in [-0.2, 0) is 0 Å². The van der Waals surface area contributed by atoms with Crippen LogP contribution in [0.25, 0.3) is 16.3 Å². The van der Waals surface area contributed by atoms with Crippen LogP contribution in [0.1, 0.15) is 34.6 Å². The molecule has 1 atom stereocenters. The maximum atomic E-state index is 12.9. The first-order valence-corrected chi connectivity index (χ1v) is 8.48. The number of rotatable bonds is 3. The van der Waals surface area contributed by atoms with E-state index in [2.05, 4.69) is 11.4 Å². The largest absolute Gasteiger partial charge is 0.344 e. The highest BCUT2D eigenvalue weighted by Gasteiger charge is 2.19. The van der Waals surface area contributed by atoms with Crippen molar-refractivity contribution in [2.45, 2.75) is 13.0 Å². The molecule has 4 nitrogen and oxygen atoms in total. The fraction of sp³-hybridized carbons (Fsp3) is 0.0909. The number of carbonyl (C=O) groups is 1. The number of carbonyl (C=O) groups excluding carboxylic acids is 1. The van der Waals surface area contributed by atoms with Gasteiger partial charge in [0, 0.05) is 11.6 Å². The van der Waals surface area contributed by atoms with Crippen LogP contribution >= 0.6 is 0 Å². The summed E-state index contributed by atoms with van der Waals surface area (Å²) in [5.41, 5.74) is 2.76. The average Bonchev–Trinajstić information content (AvgIpc) is 3.08. The van der Waals surface area contributed by atoms with Crippen molar-refractivity contribution >= 4 is 22.2 Å². The fourth-order valence-corrected chi connectivity index (χ4v) is 3.32. The van der Waals surface area contributed by atoms with Crippen molar-refractivity contribution in [3.63, 3.8) is 0 Å². The van der Waals surface area contributed by atoms with E-state index in [-0.39, 0.29) is 11.9 Å². The third-order valence-electron chi connectivity index (χ3n) is 4.66. The van der Waals surface area contributed by atoms with Crippen LogP contribution in [-0.4, -0.2) is 10.3 Å². The topological polar surface area (TPSA) is 57.3 Å². The van der Waals surface area contributed by atoms with Gasteiger partial charge in [-0.05, 0) is 30.0 Å². The number of benzene rings is 2. The van der Waals surface area contributed by atoms with Gasteiger partial charge in [-0.25, -0.2) is 0 Å². The number of nitrogens with zero attached hydrogens (tertiary/aromatic N) is 2. The fourth-order valence-electron chi connectivity index (χ4n) is 3.32. The monoisotopic (exact) mass is 339 g/mol. The molecule has 26 heavy (non-hydrogen) atoms. The summed E-state index contributed by atoms with van der Waals surface area (Å²) in [7, 11) is 0. The molecule has 0 fully saturated rings. The Hall–Kier alpha value is -3.58. The summed E-state index contributed by atoms with van der Waals surface area (Å²) < 4.78 is 1.80. The first-order valence-electron chi connectivity index (χ1n) is 8.48. The number of aromatic nitrogens is 1. The normalized spacial score (nSPS) is 12.0. The highest BCUT2D eigenvalue weighted by atomic mass is 16.2. The van der Waals surface area contributed by atoms with Gasteiger partial charge in [-0.15, -0.1) is 0 Å². The van der Waals surface area contributed by atoms with Crippen molar-refractivity contribution in [2.75, 3.05) is 0 Å². The number of hydrogen-bond donors (Lipinski definition) is 1. The molecule has 0 spiro atoms. The van der Waals surface area contributed by atoms with Crippen LogP contribution in [0.2, 0.25) is 0 Å². The third kappa shape index (κ3) is 2.60. The first kappa shape index (κ1) is 15.9. The predicted octanol–water partition coefficient (Wildman–Crippen LogP) is 4.46. The molecule has 2 aromatic heterocycles. The minimum atomic E-state index is -0.201. The Morgan fingerprint density at radius 2 is 1.81 bits per heavy atom. The van der Waals surface area contributed by atoms with Crippen LogP contribution < -0.4 is 5.32 Å². The zero-order valence-electron chi connectivity index (χ0n) is 14.3. The molecule has 4 heteroatoms. The molecule has 0 bridgehead atoms. The first-order chi connectivity index (χ1) is 12.7. The van der Waals surface area contributed by atoms with Gasteiger partial charge in [0.1, 0.15) is 11.8 Å². The Kier molecular flexibility index (Phi) is 3.91. The van der Waals surface area contributed by atoms with E-state index < -0.39 is 0 Å². The van der Waals surface area contributed by atoms with E-state index in [0.717, 1.165) is 21.9 Å². The number of fused-ring (bicyclic) bond motifs is 3. The zero-order chi connectivity index (χ0) is 18.1. The van der Waals surface area contributed by atoms with E-state index in [4.69, 9.17) is 0 Å². The number of nitrogens with one attached hydrogen (secondary N) is 1. The highest BCUT2D eigenvalue weighted by molar-refractivity contribution is 6.03. The molecule has 126 valence electrons. The molecule has 0 saturated carbocycles. The van der Waals surface area contributed by atoms with E-state index in [0.29, 0.717) is 11.3 Å². The lowest BCUT2D eigenvalue weighted by atomic mass is 10.1. The van der Waals surface area contributed by atoms with E-state index >= 15 is 0 Å². The van der Waals surface area contributed by atoms with Crippen molar-refractivity contribution in [1.29, 1.82) is 5.26 Å². The van der Waals surface area contributed by atoms with Crippen molar-refractivity contribution in [3.05, 3.63) is 89.7 Å². The molecule has 2 aromatic carbocycles. The molecule has 4 aromatic rings. The van der Waals surface area contributed by atoms with Crippen molar-refractivity contribution < 1.29 is 4.79 Å². The smallest absolute Gasteiger partial charge is 0.268 e. The third-order valence-corrected chi connectivity index (χ3v) is 4.66. The average molecular weight is 339 g/mol. The van der Waals surface area contributed by atoms with Gasteiger partial charge in [0.05, 0.1) is 17.1 Å². The quantitative estimate of drug-likeness (QED) is 0.599. The van der Waals surface area contributed by atoms with Crippen LogP contribution in [0.5, 0.6) is 0 Å². The predicted molar refractivity (Wildman–Crippen MR) is 102 cm³/mol. The SMILES string of the molecule is C[C@H](NC(=O)c1cc(C#N)c2c3ccccc3ccn12)c1ccccc1. The Balaban J connectivity index is 1.78. The van der Waals surface area contributed by atoms with E-state index in [1.54, 1.807) is 10.5 Å². The maximum absolute atomic E-state index is 12.9. The van der Waals surface area contributed by atoms with E-state index in [1.165, 1.54) is 0 Å². The van der Waals surface area contributed by atoms with Gasteiger partial charge in [0.15, 0.2) is 0 Å². The molecule has 1 amide bonds. The second-order valence-corrected chi connectivity index (χ2v) is 6.28. The molecule has 0 radical (unpaired) electrons. The van der Waals surface area contributed by atoms with Gasteiger partial charge < -0.3 is 9.72 Å². The Morgan fingerprint density at radius 3 is 2.58 bits per heavy atom. The van der Waals surface area contributed by atoms with Gasteiger partial charge in [-0.2, -0.15) is 5.26 Å². The molecule has 0 unspecified atom stereocenters. The summed E-state index contributed by atoms with van der Waals surface area (Å²) in [5.74, 6) is -0.201. The molecule has 0 aliphatic rings. The Morgan fingerprint density at radius 1 is 1.08 bits per heavy atom. The number of hydrogen-bond acceptors (Lipinski definition) is 2. The molecule has 4 rings (SSSR count). The zero-order valence-corrected chi connectivity index (χ0v) is 14.3. The van der Waals surface area contributed by atoms with Gasteiger partial charge >= 0.3 is 0 Å². The second kappa shape index (κ2) is 6.38. The summed E-state index contributed by atoms with van der Waals surface area (Å²) in [6.45, 7) is 1.95. The van der Waals surface area contributed by atoms with Gasteiger partial charge in [-0.1, -0.05) is 54.6 Å². The van der Waals surface area contributed by atoms with Gasteiger partial charge in [0.25, 0.3) is 5.91 Å². The van der Waals surface area contributed by atoms with Crippen molar-refractivity contribution in [2.24, 2.45) is 0 Å². The summed E-state index contributed by atoms with van der Waals surface area (Å²) in [5, 5.41) is 14.6. The van der Waals surface area contributed by atoms with Crippen molar-refractivity contribution in [3.8, 4) is 6.07 Å². The van der Waals surface area contributed by atoms with Gasteiger partial charge in [-0.3, -0.25) is 4.79 Å². The lowest BCUT2D eigenvalue weighted by molar-refractivity contribution is 0.0934. The molecule has 1 N–H and O–H groups in total. The second-order valence-electron chi connectivity index (χ2n) is 6.28. The summed E-state index contributed by atoms with van der Waals surface area (Å²) in [6.07, 6.45) is 1.85. The van der Waals surface area contributed by atoms with Crippen molar-refractivity contribution in [1.82, 2.24) is 9.72 Å². The minimum Gasteiger partial charge on any atom is -0.344 e. The maximum Gasteiger partial charge on any atom is 0.268 e. The van der Waals surface area contributed by atoms with Crippen LogP contribution in [0.15, 0.2) is 72.9 Å². The Bertz CT molecular complexity index is 1150. The standard InChI is InChI=1S/C22H17N3O/c1-15(16-7-3-2-4-8-16)24-22(26)20-13-18(14-23)21-19-10-6-5-9-17(19)11-12-25(20)21/h2-13,15H,1H3,(H,24,26)/t15-/m0/s1. The molecular weight excluding hydrogens is 322 g/mol. The number of nitriles is 1.